The van der Waals surface area contributed by atoms with Crippen molar-refractivity contribution >= 4 is 132 Å². The zero-order valence-electron chi connectivity index (χ0n) is 58.9. The Morgan fingerprint density at radius 1 is 0.222 bits per heavy atom. The quantitative estimate of drug-likeness (QED) is 0.148. The van der Waals surface area contributed by atoms with Gasteiger partial charge in [-0.2, -0.15) is 0 Å². The van der Waals surface area contributed by atoms with E-state index in [4.69, 9.17) is 27.9 Å². The van der Waals surface area contributed by atoms with E-state index >= 15 is 0 Å². The summed E-state index contributed by atoms with van der Waals surface area (Å²) in [6.45, 7) is 29.8. The number of benzene rings is 11. The van der Waals surface area contributed by atoms with Gasteiger partial charge in [-0.25, -0.2) is 0 Å². The van der Waals surface area contributed by atoms with Gasteiger partial charge in [0, 0.05) is 65.9 Å². The zero-order chi connectivity index (χ0) is 68.8. The lowest BCUT2D eigenvalue weighted by Gasteiger charge is -2.32. The third-order valence-corrected chi connectivity index (χ3v) is 25.9. The molecule has 0 unspecified atom stereocenters. The van der Waals surface area contributed by atoms with Gasteiger partial charge in [0.15, 0.2) is 0 Å². The normalized spacial score (nSPS) is 18.1. The molecular formula is C87H81B3O6S3. The second-order valence-corrected chi connectivity index (χ2v) is 34.0. The molecule has 0 spiro atoms. The lowest BCUT2D eigenvalue weighted by molar-refractivity contribution is 0.00578. The predicted molar refractivity (Wildman–Crippen MR) is 424 cm³/mol. The average Bonchev–Trinajstić information content (AvgIpc) is 1.57. The molecule has 0 bridgehead atoms. The summed E-state index contributed by atoms with van der Waals surface area (Å²) in [6, 6.07) is 86.0. The van der Waals surface area contributed by atoms with Crippen LogP contribution in [0.15, 0.2) is 237 Å². The van der Waals surface area contributed by atoms with Crippen molar-refractivity contribution in [2.24, 2.45) is 0 Å². The van der Waals surface area contributed by atoms with Crippen molar-refractivity contribution in [2.45, 2.75) is 136 Å². The summed E-state index contributed by atoms with van der Waals surface area (Å²) in [5, 5.41) is 8.00. The standard InChI is InChI=1S/C33H31BO2S.C30H27BO2S.C24H23BO2S/c1-31(2)27-18-21(20-12-16-30-26(17-20)25-9-7-8-10-29(25)37-30)11-14-23(27)24-15-13-22(19-28(24)31)34-35-32(3,4)33(5,6)36-34;1-29(2)30(3,4)33-31(32-29)24-16-13-21(14-17-24)20-9-11-22(12-10-20)23-15-18-28-26(19-23)25-7-5-6-8-27(25)34-28;1-23(2)24(3,4)27-25(26-23)18-9-7-8-16(14-18)17-12-13-22-20(15-17)19-10-5-6-11-21(19)28-22/h7-19H,1-6H3;5-19H,1-4H3;5-15H,1-4H3. The van der Waals surface area contributed by atoms with Gasteiger partial charge >= 0.3 is 21.4 Å². The highest BCUT2D eigenvalue weighted by molar-refractivity contribution is 7.26. The Labute approximate surface area is 595 Å². The van der Waals surface area contributed by atoms with Gasteiger partial charge in [-0.1, -0.05) is 190 Å². The van der Waals surface area contributed by atoms with Crippen LogP contribution in [-0.4, -0.2) is 55.0 Å². The number of hydrogen-bond donors (Lipinski definition) is 0. The van der Waals surface area contributed by atoms with E-state index in [2.05, 4.69) is 334 Å². The molecule has 18 rings (SSSR count). The maximum atomic E-state index is 6.37. The summed E-state index contributed by atoms with van der Waals surface area (Å²) in [5.74, 6) is 0. The molecule has 4 aliphatic rings. The van der Waals surface area contributed by atoms with E-state index in [9.17, 15) is 0 Å². The van der Waals surface area contributed by atoms with Gasteiger partial charge in [-0.3, -0.25) is 0 Å². The van der Waals surface area contributed by atoms with Crippen molar-refractivity contribution in [3.63, 3.8) is 0 Å². The van der Waals surface area contributed by atoms with E-state index in [1.165, 1.54) is 127 Å². The highest BCUT2D eigenvalue weighted by atomic mass is 32.1. The van der Waals surface area contributed by atoms with Crippen molar-refractivity contribution in [2.75, 3.05) is 0 Å². The first-order valence-corrected chi connectivity index (χ1v) is 37.1. The van der Waals surface area contributed by atoms with Crippen molar-refractivity contribution in [1.82, 2.24) is 0 Å². The van der Waals surface area contributed by atoms with Crippen LogP contribution in [0.25, 0.3) is 116 Å². The second kappa shape index (κ2) is 24.1. The van der Waals surface area contributed by atoms with Crippen molar-refractivity contribution in [1.29, 1.82) is 0 Å². The van der Waals surface area contributed by atoms with Crippen molar-refractivity contribution in [3.8, 4) is 55.6 Å². The van der Waals surface area contributed by atoms with Crippen molar-refractivity contribution < 1.29 is 27.9 Å². The molecular weight excluding hydrogens is 1270 g/mol. The summed E-state index contributed by atoms with van der Waals surface area (Å²) >= 11 is 5.57. The van der Waals surface area contributed by atoms with Crippen molar-refractivity contribution in [3.05, 3.63) is 248 Å². The van der Waals surface area contributed by atoms with Crippen LogP contribution in [0.2, 0.25) is 0 Å². The van der Waals surface area contributed by atoms with E-state index in [-0.39, 0.29) is 60.4 Å². The van der Waals surface area contributed by atoms with Crippen LogP contribution >= 0.6 is 34.0 Å². The summed E-state index contributed by atoms with van der Waals surface area (Å²) in [4.78, 5) is 0. The third-order valence-electron chi connectivity index (χ3n) is 22.4. The molecule has 3 saturated heterocycles. The van der Waals surface area contributed by atoms with Crippen LogP contribution in [0.3, 0.4) is 0 Å². The van der Waals surface area contributed by atoms with Gasteiger partial charge in [-0.15, -0.1) is 34.0 Å². The van der Waals surface area contributed by atoms with Crippen LogP contribution in [0.5, 0.6) is 0 Å². The summed E-state index contributed by atoms with van der Waals surface area (Å²) < 4.78 is 45.6. The minimum Gasteiger partial charge on any atom is -0.399 e. The second-order valence-electron chi connectivity index (χ2n) is 30.7. The average molecular weight is 1350 g/mol. The van der Waals surface area contributed by atoms with Gasteiger partial charge in [0.2, 0.25) is 0 Å². The summed E-state index contributed by atoms with van der Waals surface area (Å²) in [6.07, 6.45) is 0. The molecule has 14 aromatic rings. The molecule has 6 heterocycles. The Morgan fingerprint density at radius 2 is 0.505 bits per heavy atom. The molecule has 3 fully saturated rings. The summed E-state index contributed by atoms with van der Waals surface area (Å²) in [7, 11) is -1.02. The molecule has 3 aromatic heterocycles. The number of hydrogen-bond acceptors (Lipinski definition) is 9. The molecule has 12 heteroatoms. The first kappa shape index (κ1) is 65.6. The van der Waals surface area contributed by atoms with Crippen LogP contribution in [0.1, 0.15) is 108 Å². The van der Waals surface area contributed by atoms with Crippen LogP contribution < -0.4 is 16.4 Å². The zero-order valence-corrected chi connectivity index (χ0v) is 61.4. The smallest absolute Gasteiger partial charge is 0.399 e. The molecule has 99 heavy (non-hydrogen) atoms. The number of fused-ring (bicyclic) bond motifs is 12. The molecule has 492 valence electrons. The molecule has 6 nitrogen and oxygen atoms in total. The maximum Gasteiger partial charge on any atom is 0.494 e. The Balaban J connectivity index is 0.000000117. The lowest BCUT2D eigenvalue weighted by Crippen LogP contribution is -2.41. The molecule has 0 atom stereocenters. The minimum atomic E-state index is -0.350. The van der Waals surface area contributed by atoms with Crippen LogP contribution in [0.4, 0.5) is 0 Å². The number of thiophene rings is 3. The Morgan fingerprint density at radius 3 is 0.929 bits per heavy atom. The van der Waals surface area contributed by atoms with Crippen LogP contribution in [0, 0.1) is 0 Å². The molecule has 0 N–H and O–H groups in total. The fourth-order valence-corrected chi connectivity index (χ4v) is 17.5. The minimum absolute atomic E-state index is 0.112. The van der Waals surface area contributed by atoms with E-state index in [1.807, 2.05) is 34.0 Å². The van der Waals surface area contributed by atoms with E-state index < -0.39 is 0 Å². The van der Waals surface area contributed by atoms with Gasteiger partial charge < -0.3 is 27.9 Å². The van der Waals surface area contributed by atoms with E-state index in [0.29, 0.717) is 0 Å². The molecule has 11 aromatic carbocycles. The molecule has 0 saturated carbocycles. The first-order valence-electron chi connectivity index (χ1n) is 34.6. The Bertz CT molecular complexity index is 5430. The van der Waals surface area contributed by atoms with Crippen LogP contribution in [-0.2, 0) is 33.3 Å². The van der Waals surface area contributed by atoms with Gasteiger partial charge in [0.1, 0.15) is 0 Å². The Kier molecular flexibility index (Phi) is 16.0. The largest absolute Gasteiger partial charge is 0.494 e. The lowest BCUT2D eigenvalue weighted by atomic mass is 9.74. The highest BCUT2D eigenvalue weighted by Crippen LogP contribution is 2.51. The topological polar surface area (TPSA) is 55.4 Å². The first-order chi connectivity index (χ1) is 47.2. The molecule has 0 radical (unpaired) electrons. The molecule has 3 aliphatic heterocycles. The highest BCUT2D eigenvalue weighted by Gasteiger charge is 2.54. The summed E-state index contributed by atoms with van der Waals surface area (Å²) in [5.41, 5.74) is 16.2. The predicted octanol–water partition coefficient (Wildman–Crippen LogP) is 22.0. The SMILES string of the molecule is CC1(C)OB(c2ccc(-c3ccc(-c4ccc5sc6ccccc6c5c4)cc3)cc2)OC1(C)C.CC1(C)OB(c2cccc(-c3ccc4sc5ccccc5c4c3)c2)OC1(C)C.CC1(C)c2cc(B3OC(C)(C)C(C)(C)O3)ccc2-c2ccc(-c3ccc4sc5ccccc5c4c3)cc21. The van der Waals surface area contributed by atoms with E-state index in [0.717, 1.165) is 16.4 Å². The third kappa shape index (κ3) is 11.6. The maximum absolute atomic E-state index is 6.37. The monoisotopic (exact) mass is 1350 g/mol. The fourth-order valence-electron chi connectivity index (χ4n) is 14.3. The molecule has 0 amide bonds. The van der Waals surface area contributed by atoms with Gasteiger partial charge in [0.25, 0.3) is 0 Å². The van der Waals surface area contributed by atoms with E-state index in [1.54, 1.807) is 0 Å². The number of rotatable bonds is 7. The fraction of sp³-hybridized carbons (Fsp3) is 0.241. The Hall–Kier alpha value is -7.97. The van der Waals surface area contributed by atoms with Gasteiger partial charge in [-0.05, 0) is 227 Å². The van der Waals surface area contributed by atoms with Gasteiger partial charge in [0.05, 0.1) is 33.6 Å². The molecule has 1 aliphatic carbocycles.